The summed E-state index contributed by atoms with van der Waals surface area (Å²) < 4.78 is 13.4. The molecule has 2 rings (SSSR count). The Morgan fingerprint density at radius 1 is 1.33 bits per heavy atom. The number of aromatic amines is 1. The fourth-order valence-corrected chi connectivity index (χ4v) is 1.38. The normalized spacial score (nSPS) is 9.93. The van der Waals surface area contributed by atoms with E-state index in [9.17, 15) is 9.18 Å². The predicted octanol–water partition coefficient (Wildman–Crippen LogP) is 2.39. The van der Waals surface area contributed by atoms with Crippen LogP contribution in [0.15, 0.2) is 36.5 Å². The molecule has 1 aromatic heterocycles. The van der Waals surface area contributed by atoms with Crippen LogP contribution in [0.1, 0.15) is 0 Å². The molecule has 2 N–H and O–H groups in total. The highest BCUT2D eigenvalue weighted by Crippen LogP contribution is 2.23. The molecule has 4 heteroatoms. The summed E-state index contributed by atoms with van der Waals surface area (Å²) in [6.45, 7) is 0. The van der Waals surface area contributed by atoms with Crippen molar-refractivity contribution in [2.75, 3.05) is 5.32 Å². The second-order valence-electron chi connectivity index (χ2n) is 3.04. The van der Waals surface area contributed by atoms with Gasteiger partial charge in [0.2, 0.25) is 6.41 Å². The molecular formula is C11H9FN2O. The lowest BCUT2D eigenvalue weighted by atomic mass is 10.1. The van der Waals surface area contributed by atoms with Gasteiger partial charge in [-0.15, -0.1) is 0 Å². The van der Waals surface area contributed by atoms with Gasteiger partial charge in [-0.05, 0) is 18.2 Å². The Hall–Kier alpha value is -2.10. The molecule has 1 aromatic carbocycles. The molecule has 0 aliphatic rings. The number of carbonyl (C=O) groups is 1. The Morgan fingerprint density at radius 3 is 2.87 bits per heavy atom. The zero-order valence-corrected chi connectivity index (χ0v) is 7.83. The van der Waals surface area contributed by atoms with Gasteiger partial charge in [0.25, 0.3) is 0 Å². The number of rotatable bonds is 3. The largest absolute Gasteiger partial charge is 0.359 e. The molecule has 0 saturated carbocycles. The quantitative estimate of drug-likeness (QED) is 0.741. The minimum Gasteiger partial charge on any atom is -0.359 e. The van der Waals surface area contributed by atoms with Gasteiger partial charge in [0, 0.05) is 11.8 Å². The molecule has 0 atom stereocenters. The topological polar surface area (TPSA) is 44.9 Å². The maximum absolute atomic E-state index is 13.4. The van der Waals surface area contributed by atoms with Gasteiger partial charge in [-0.3, -0.25) is 4.79 Å². The first kappa shape index (κ1) is 9.45. The summed E-state index contributed by atoms with van der Waals surface area (Å²) in [5, 5.41) is 2.48. The SMILES string of the molecule is O=CNc1c[nH]c(-c2ccccc2F)c1. The molecule has 0 radical (unpaired) electrons. The monoisotopic (exact) mass is 204 g/mol. The van der Waals surface area contributed by atoms with E-state index in [0.717, 1.165) is 0 Å². The van der Waals surface area contributed by atoms with Gasteiger partial charge in [0.05, 0.1) is 11.4 Å². The molecule has 0 saturated heterocycles. The van der Waals surface area contributed by atoms with Gasteiger partial charge in [0.15, 0.2) is 0 Å². The van der Waals surface area contributed by atoms with Gasteiger partial charge in [-0.25, -0.2) is 4.39 Å². The van der Waals surface area contributed by atoms with Gasteiger partial charge in [-0.2, -0.15) is 0 Å². The van der Waals surface area contributed by atoms with E-state index >= 15 is 0 Å². The van der Waals surface area contributed by atoms with Crippen LogP contribution in [0.2, 0.25) is 0 Å². The van der Waals surface area contributed by atoms with Crippen LogP contribution in [0.4, 0.5) is 10.1 Å². The highest BCUT2D eigenvalue weighted by Gasteiger charge is 2.05. The van der Waals surface area contributed by atoms with E-state index < -0.39 is 0 Å². The van der Waals surface area contributed by atoms with Crippen LogP contribution in [-0.2, 0) is 4.79 Å². The van der Waals surface area contributed by atoms with E-state index in [4.69, 9.17) is 0 Å². The van der Waals surface area contributed by atoms with Crippen molar-refractivity contribution in [3.05, 3.63) is 42.3 Å². The molecule has 3 nitrogen and oxygen atoms in total. The number of anilines is 1. The molecular weight excluding hydrogens is 195 g/mol. The van der Waals surface area contributed by atoms with Crippen molar-refractivity contribution in [1.29, 1.82) is 0 Å². The van der Waals surface area contributed by atoms with Crippen molar-refractivity contribution >= 4 is 12.1 Å². The summed E-state index contributed by atoms with van der Waals surface area (Å²) in [4.78, 5) is 13.1. The second kappa shape index (κ2) is 3.96. The highest BCUT2D eigenvalue weighted by molar-refractivity contribution is 5.75. The number of nitrogens with one attached hydrogen (secondary N) is 2. The van der Waals surface area contributed by atoms with E-state index in [0.29, 0.717) is 23.4 Å². The van der Waals surface area contributed by atoms with E-state index in [-0.39, 0.29) is 5.82 Å². The average molecular weight is 204 g/mol. The Bertz CT molecular complexity index is 479. The van der Waals surface area contributed by atoms with Crippen LogP contribution in [0, 0.1) is 5.82 Å². The van der Waals surface area contributed by atoms with Crippen LogP contribution >= 0.6 is 0 Å². The van der Waals surface area contributed by atoms with Gasteiger partial charge < -0.3 is 10.3 Å². The molecule has 1 heterocycles. The van der Waals surface area contributed by atoms with Crippen LogP contribution in [0.3, 0.4) is 0 Å². The van der Waals surface area contributed by atoms with Crippen LogP contribution in [-0.4, -0.2) is 11.4 Å². The average Bonchev–Trinajstić information content (AvgIpc) is 2.68. The minimum atomic E-state index is -0.294. The lowest BCUT2D eigenvalue weighted by Crippen LogP contribution is -1.90. The van der Waals surface area contributed by atoms with E-state index in [1.54, 1.807) is 30.5 Å². The second-order valence-corrected chi connectivity index (χ2v) is 3.04. The van der Waals surface area contributed by atoms with Crippen LogP contribution < -0.4 is 5.32 Å². The molecule has 0 bridgehead atoms. The number of aromatic nitrogens is 1. The third kappa shape index (κ3) is 1.88. The predicted molar refractivity (Wildman–Crippen MR) is 55.9 cm³/mol. The molecule has 15 heavy (non-hydrogen) atoms. The summed E-state index contributed by atoms with van der Waals surface area (Å²) in [7, 11) is 0. The Kier molecular flexibility index (Phi) is 2.49. The standard InChI is InChI=1S/C11H9FN2O/c12-10-4-2-1-3-9(10)11-5-8(6-13-11)14-7-15/h1-7,13H,(H,14,15). The summed E-state index contributed by atoms with van der Waals surface area (Å²) >= 11 is 0. The smallest absolute Gasteiger partial charge is 0.211 e. The number of benzene rings is 1. The fraction of sp³-hybridized carbons (Fsp3) is 0. The van der Waals surface area contributed by atoms with Gasteiger partial charge in [0.1, 0.15) is 5.82 Å². The molecule has 0 unspecified atom stereocenters. The number of hydrogen-bond donors (Lipinski definition) is 2. The van der Waals surface area contributed by atoms with Crippen molar-refractivity contribution < 1.29 is 9.18 Å². The number of amides is 1. The fourth-order valence-electron chi connectivity index (χ4n) is 1.38. The summed E-state index contributed by atoms with van der Waals surface area (Å²) in [6, 6.07) is 8.13. The maximum atomic E-state index is 13.4. The number of H-pyrrole nitrogens is 1. The summed E-state index contributed by atoms with van der Waals surface area (Å²) in [6.07, 6.45) is 2.18. The maximum Gasteiger partial charge on any atom is 0.211 e. The third-order valence-electron chi connectivity index (χ3n) is 2.07. The van der Waals surface area contributed by atoms with Crippen molar-refractivity contribution in [3.8, 4) is 11.3 Å². The lowest BCUT2D eigenvalue weighted by Gasteiger charge is -1.98. The summed E-state index contributed by atoms with van der Waals surface area (Å²) in [5.74, 6) is -0.294. The van der Waals surface area contributed by atoms with E-state index in [2.05, 4.69) is 10.3 Å². The first-order valence-electron chi connectivity index (χ1n) is 4.45. The summed E-state index contributed by atoms with van der Waals surface area (Å²) in [5.41, 5.74) is 1.73. The molecule has 2 aromatic rings. The number of halogens is 1. The van der Waals surface area contributed by atoms with Crippen molar-refractivity contribution in [3.63, 3.8) is 0 Å². The zero-order valence-electron chi connectivity index (χ0n) is 7.83. The minimum absolute atomic E-state index is 0.294. The van der Waals surface area contributed by atoms with Crippen molar-refractivity contribution in [2.24, 2.45) is 0 Å². The lowest BCUT2D eigenvalue weighted by molar-refractivity contribution is -0.105. The number of hydrogen-bond acceptors (Lipinski definition) is 1. The highest BCUT2D eigenvalue weighted by atomic mass is 19.1. The molecule has 0 aliphatic heterocycles. The Balaban J connectivity index is 2.37. The Morgan fingerprint density at radius 2 is 2.13 bits per heavy atom. The van der Waals surface area contributed by atoms with Crippen LogP contribution in [0.5, 0.6) is 0 Å². The first-order valence-corrected chi connectivity index (χ1v) is 4.45. The molecule has 0 fully saturated rings. The van der Waals surface area contributed by atoms with Crippen molar-refractivity contribution in [2.45, 2.75) is 0 Å². The van der Waals surface area contributed by atoms with Gasteiger partial charge >= 0.3 is 0 Å². The van der Waals surface area contributed by atoms with Gasteiger partial charge in [-0.1, -0.05) is 12.1 Å². The van der Waals surface area contributed by atoms with E-state index in [1.807, 2.05) is 0 Å². The molecule has 1 amide bonds. The third-order valence-corrected chi connectivity index (χ3v) is 2.07. The van der Waals surface area contributed by atoms with Crippen LogP contribution in [0.25, 0.3) is 11.3 Å². The molecule has 76 valence electrons. The molecule has 0 spiro atoms. The number of carbonyl (C=O) groups excluding carboxylic acids is 1. The zero-order chi connectivity index (χ0) is 10.7. The molecule has 0 aliphatic carbocycles. The van der Waals surface area contributed by atoms with E-state index in [1.165, 1.54) is 6.07 Å². The van der Waals surface area contributed by atoms with Crippen molar-refractivity contribution in [1.82, 2.24) is 4.98 Å². The Labute approximate surface area is 85.9 Å². The first-order chi connectivity index (χ1) is 7.31.